The van der Waals surface area contributed by atoms with Crippen LogP contribution in [0.2, 0.25) is 0 Å². The Hall–Kier alpha value is -1.28. The Morgan fingerprint density at radius 2 is 2.41 bits per heavy atom. The predicted octanol–water partition coefficient (Wildman–Crippen LogP) is 2.24. The van der Waals surface area contributed by atoms with E-state index in [1.54, 1.807) is 6.20 Å². The molecule has 0 aliphatic rings. The predicted molar refractivity (Wildman–Crippen MR) is 73.0 cm³/mol. The minimum atomic E-state index is -0.107. The summed E-state index contributed by atoms with van der Waals surface area (Å²) in [5, 5.41) is 7.19. The Morgan fingerprint density at radius 1 is 1.65 bits per heavy atom. The zero-order valence-corrected chi connectivity index (χ0v) is 11.5. The maximum absolute atomic E-state index is 11.9. The van der Waals surface area contributed by atoms with Gasteiger partial charge in [-0.25, -0.2) is 4.68 Å². The third kappa shape index (κ3) is 3.90. The maximum Gasteiger partial charge on any atom is 0.283 e. The molecule has 0 amide bonds. The highest BCUT2D eigenvalue weighted by atomic mass is 79.9. The largest absolute Gasteiger partial charge is 0.382 e. The van der Waals surface area contributed by atoms with E-state index in [1.807, 2.05) is 0 Å². The van der Waals surface area contributed by atoms with Crippen LogP contribution >= 0.6 is 15.9 Å². The van der Waals surface area contributed by atoms with Crippen molar-refractivity contribution in [1.82, 2.24) is 9.78 Å². The van der Waals surface area contributed by atoms with E-state index in [9.17, 15) is 4.79 Å². The molecule has 17 heavy (non-hydrogen) atoms. The minimum absolute atomic E-state index is 0.107. The lowest BCUT2D eigenvalue weighted by Gasteiger charge is -2.09. The van der Waals surface area contributed by atoms with Crippen LogP contribution < -0.4 is 10.9 Å². The summed E-state index contributed by atoms with van der Waals surface area (Å²) in [4.78, 5) is 11.9. The first kappa shape index (κ1) is 13.8. The van der Waals surface area contributed by atoms with Gasteiger partial charge < -0.3 is 5.32 Å². The van der Waals surface area contributed by atoms with Crippen molar-refractivity contribution in [2.24, 2.45) is 0 Å². The van der Waals surface area contributed by atoms with Crippen molar-refractivity contribution in [2.45, 2.75) is 32.7 Å². The quantitative estimate of drug-likeness (QED) is 0.647. The van der Waals surface area contributed by atoms with Crippen molar-refractivity contribution in [1.29, 1.82) is 0 Å². The molecule has 0 unspecified atom stereocenters. The van der Waals surface area contributed by atoms with Gasteiger partial charge in [0, 0.05) is 19.5 Å². The number of nitrogens with one attached hydrogen (secondary N) is 1. The van der Waals surface area contributed by atoms with E-state index in [4.69, 9.17) is 6.42 Å². The van der Waals surface area contributed by atoms with Gasteiger partial charge in [-0.2, -0.15) is 5.10 Å². The number of aryl methyl sites for hydroxylation is 1. The molecule has 0 fully saturated rings. The summed E-state index contributed by atoms with van der Waals surface area (Å²) in [6, 6.07) is 0. The first-order chi connectivity index (χ1) is 8.20. The molecule has 1 aromatic heterocycles. The van der Waals surface area contributed by atoms with Gasteiger partial charge in [0.15, 0.2) is 0 Å². The van der Waals surface area contributed by atoms with E-state index in [2.05, 4.69) is 39.2 Å². The van der Waals surface area contributed by atoms with Gasteiger partial charge in [-0.1, -0.05) is 13.3 Å². The second-order valence-corrected chi connectivity index (χ2v) is 4.43. The average Bonchev–Trinajstić information content (AvgIpc) is 2.34. The fourth-order valence-corrected chi connectivity index (χ4v) is 1.77. The normalized spacial score (nSPS) is 9.94. The van der Waals surface area contributed by atoms with E-state index in [0.29, 0.717) is 29.7 Å². The van der Waals surface area contributed by atoms with Crippen LogP contribution in [-0.2, 0) is 6.54 Å². The molecule has 1 aromatic rings. The van der Waals surface area contributed by atoms with Crippen molar-refractivity contribution < 1.29 is 0 Å². The molecule has 0 saturated carbocycles. The number of anilines is 1. The lowest BCUT2D eigenvalue weighted by atomic mass is 10.3. The standard InChI is InChI=1S/C12H16BrN3O/c1-3-5-7-14-10-9-15-16(8-6-4-2)12(17)11(10)13/h1,9,14H,4-8H2,2H3. The van der Waals surface area contributed by atoms with E-state index < -0.39 is 0 Å². The van der Waals surface area contributed by atoms with Crippen LogP contribution in [0.25, 0.3) is 0 Å². The molecule has 1 heterocycles. The molecule has 0 saturated heterocycles. The molecular weight excluding hydrogens is 282 g/mol. The molecule has 0 aromatic carbocycles. The minimum Gasteiger partial charge on any atom is -0.382 e. The Bertz CT molecular complexity index is 462. The van der Waals surface area contributed by atoms with Gasteiger partial charge in [-0.3, -0.25) is 4.79 Å². The van der Waals surface area contributed by atoms with Crippen molar-refractivity contribution in [3.8, 4) is 12.3 Å². The molecule has 0 aliphatic heterocycles. The van der Waals surface area contributed by atoms with Gasteiger partial charge in [0.05, 0.1) is 11.9 Å². The summed E-state index contributed by atoms with van der Waals surface area (Å²) < 4.78 is 1.99. The second kappa shape index (κ2) is 7.13. The fourth-order valence-electron chi connectivity index (χ4n) is 1.32. The number of aromatic nitrogens is 2. The summed E-state index contributed by atoms with van der Waals surface area (Å²) in [5.41, 5.74) is 0.585. The third-order valence-corrected chi connectivity index (χ3v) is 3.06. The van der Waals surface area contributed by atoms with Gasteiger partial charge in [0.25, 0.3) is 5.56 Å². The van der Waals surface area contributed by atoms with Crippen LogP contribution in [0.3, 0.4) is 0 Å². The van der Waals surface area contributed by atoms with Gasteiger partial charge in [-0.05, 0) is 22.4 Å². The summed E-state index contributed by atoms with van der Waals surface area (Å²) in [7, 11) is 0. The fraction of sp³-hybridized carbons (Fsp3) is 0.500. The highest BCUT2D eigenvalue weighted by Crippen LogP contribution is 2.15. The number of nitrogens with zero attached hydrogens (tertiary/aromatic N) is 2. The number of hydrogen-bond acceptors (Lipinski definition) is 3. The zero-order valence-electron chi connectivity index (χ0n) is 9.87. The van der Waals surface area contributed by atoms with Crippen molar-refractivity contribution >= 4 is 21.6 Å². The van der Waals surface area contributed by atoms with E-state index in [1.165, 1.54) is 4.68 Å². The molecule has 0 bridgehead atoms. The Morgan fingerprint density at radius 3 is 3.06 bits per heavy atom. The van der Waals surface area contributed by atoms with Crippen molar-refractivity contribution in [3.05, 3.63) is 21.0 Å². The first-order valence-corrected chi connectivity index (χ1v) is 6.43. The summed E-state index contributed by atoms with van der Waals surface area (Å²) in [6.45, 7) is 3.36. The van der Waals surface area contributed by atoms with E-state index >= 15 is 0 Å². The number of hydrogen-bond donors (Lipinski definition) is 1. The molecule has 1 N–H and O–H groups in total. The van der Waals surface area contributed by atoms with Crippen molar-refractivity contribution in [2.75, 3.05) is 11.9 Å². The number of halogens is 1. The lowest BCUT2D eigenvalue weighted by Crippen LogP contribution is -2.24. The van der Waals surface area contributed by atoms with Gasteiger partial charge in [0.1, 0.15) is 4.47 Å². The average molecular weight is 298 g/mol. The summed E-state index contributed by atoms with van der Waals surface area (Å²) in [5.74, 6) is 2.53. The van der Waals surface area contributed by atoms with Gasteiger partial charge in [0.2, 0.25) is 0 Å². The molecular formula is C12H16BrN3O. The maximum atomic E-state index is 11.9. The smallest absolute Gasteiger partial charge is 0.283 e. The monoisotopic (exact) mass is 297 g/mol. The molecule has 0 aliphatic carbocycles. The van der Waals surface area contributed by atoms with Gasteiger partial charge in [-0.15, -0.1) is 12.3 Å². The van der Waals surface area contributed by atoms with Crippen LogP contribution in [0.4, 0.5) is 5.69 Å². The molecule has 1 rings (SSSR count). The summed E-state index contributed by atoms with van der Waals surface area (Å²) in [6.07, 6.45) is 9.41. The Kier molecular flexibility index (Phi) is 5.78. The van der Waals surface area contributed by atoms with Crippen LogP contribution in [0.15, 0.2) is 15.5 Å². The van der Waals surface area contributed by atoms with Crippen LogP contribution in [0, 0.1) is 12.3 Å². The number of unbranched alkanes of at least 4 members (excludes halogenated alkanes) is 1. The molecule has 0 atom stereocenters. The first-order valence-electron chi connectivity index (χ1n) is 5.63. The lowest BCUT2D eigenvalue weighted by molar-refractivity contribution is 0.541. The molecule has 5 heteroatoms. The molecule has 0 radical (unpaired) electrons. The number of terminal acetylenes is 1. The van der Waals surface area contributed by atoms with E-state index in [-0.39, 0.29) is 5.56 Å². The SMILES string of the molecule is C#CCCNc1cnn(CCCC)c(=O)c1Br. The van der Waals surface area contributed by atoms with Gasteiger partial charge >= 0.3 is 0 Å². The second-order valence-electron chi connectivity index (χ2n) is 3.63. The Labute approximate surface area is 110 Å². The molecule has 92 valence electrons. The van der Waals surface area contributed by atoms with Crippen molar-refractivity contribution in [3.63, 3.8) is 0 Å². The van der Waals surface area contributed by atoms with Crippen LogP contribution in [0.5, 0.6) is 0 Å². The zero-order chi connectivity index (χ0) is 12.7. The summed E-state index contributed by atoms with van der Waals surface area (Å²) >= 11 is 3.29. The highest BCUT2D eigenvalue weighted by Gasteiger charge is 2.07. The molecule has 4 nitrogen and oxygen atoms in total. The number of rotatable bonds is 6. The third-order valence-electron chi connectivity index (χ3n) is 2.29. The topological polar surface area (TPSA) is 46.9 Å². The Balaban J connectivity index is 2.80. The van der Waals surface area contributed by atoms with Crippen LogP contribution in [0.1, 0.15) is 26.2 Å². The molecule has 0 spiro atoms. The highest BCUT2D eigenvalue weighted by molar-refractivity contribution is 9.10. The van der Waals surface area contributed by atoms with E-state index in [0.717, 1.165) is 12.8 Å². The van der Waals surface area contributed by atoms with Crippen LogP contribution in [-0.4, -0.2) is 16.3 Å².